The van der Waals surface area contributed by atoms with Gasteiger partial charge in [0, 0.05) is 0 Å². The molecule has 0 saturated carbocycles. The molecular weight excluding hydrogens is 421 g/mol. The van der Waals surface area contributed by atoms with Crippen molar-refractivity contribution in [2.75, 3.05) is 0 Å². The van der Waals surface area contributed by atoms with Crippen LogP contribution in [0.2, 0.25) is 5.32 Å². The van der Waals surface area contributed by atoms with E-state index in [2.05, 4.69) is 6.58 Å². The zero-order valence-corrected chi connectivity index (χ0v) is 17.6. The van der Waals surface area contributed by atoms with Crippen LogP contribution in [0, 0.1) is 0 Å². The summed E-state index contributed by atoms with van der Waals surface area (Å²) in [6.07, 6.45) is 1.15. The van der Waals surface area contributed by atoms with Crippen LogP contribution >= 0.6 is 0 Å². The average Bonchev–Trinajstić information content (AvgIpc) is 2.73. The van der Waals surface area contributed by atoms with Crippen molar-refractivity contribution in [1.29, 1.82) is 0 Å². The fourth-order valence-electron chi connectivity index (χ4n) is 3.22. The van der Waals surface area contributed by atoms with Gasteiger partial charge in [0.2, 0.25) is 0 Å². The van der Waals surface area contributed by atoms with E-state index in [1.54, 1.807) is 11.0 Å². The molecule has 2 aromatic rings. The van der Waals surface area contributed by atoms with Gasteiger partial charge in [-0.2, -0.15) is 0 Å². The van der Waals surface area contributed by atoms with E-state index in [4.69, 9.17) is 9.47 Å². The monoisotopic (exact) mass is 447 g/mol. The van der Waals surface area contributed by atoms with Gasteiger partial charge in [-0.3, -0.25) is 0 Å². The molecule has 1 aliphatic heterocycles. The molecule has 1 amide bonds. The Kier molecular flexibility index (Phi) is 7.15. The Morgan fingerprint density at radius 2 is 1.86 bits per heavy atom. The first-order chi connectivity index (χ1) is 13.6. The van der Waals surface area contributed by atoms with Crippen molar-refractivity contribution in [2.24, 2.45) is 0 Å². The first-order valence-corrected chi connectivity index (χ1v) is 12.1. The molecule has 0 spiro atoms. The van der Waals surface area contributed by atoms with Gasteiger partial charge >= 0.3 is 170 Å². The van der Waals surface area contributed by atoms with Gasteiger partial charge in [0.15, 0.2) is 0 Å². The minimum atomic E-state index is -2.36. The molecule has 2 aromatic carbocycles. The summed E-state index contributed by atoms with van der Waals surface area (Å²) in [6, 6.07) is 18.8. The summed E-state index contributed by atoms with van der Waals surface area (Å²) in [4.78, 5) is 14.4. The van der Waals surface area contributed by atoms with Crippen LogP contribution < -0.4 is 4.46 Å². The van der Waals surface area contributed by atoms with Crippen molar-refractivity contribution in [3.05, 3.63) is 78.9 Å². The number of amides is 1. The number of nitrogens with zero attached hydrogens (tertiary/aromatic N) is 1. The van der Waals surface area contributed by atoms with Crippen molar-refractivity contribution in [3.63, 3.8) is 0 Å². The quantitative estimate of drug-likeness (QED) is 0.502. The number of carbonyl (C=O) groups excluding carboxylic acids is 1. The molecule has 0 aromatic heterocycles. The summed E-state index contributed by atoms with van der Waals surface area (Å²) in [5.41, 5.74) is 0.918. The van der Waals surface area contributed by atoms with Crippen LogP contribution in [0.25, 0.3) is 0 Å². The Morgan fingerprint density at radius 3 is 2.50 bits per heavy atom. The van der Waals surface area contributed by atoms with Crippen LogP contribution in [0.1, 0.15) is 18.9 Å². The van der Waals surface area contributed by atoms with E-state index in [0.717, 1.165) is 10.0 Å². The van der Waals surface area contributed by atoms with Gasteiger partial charge in [0.05, 0.1) is 0 Å². The van der Waals surface area contributed by atoms with E-state index in [9.17, 15) is 8.63 Å². The fraction of sp³-hybridized carbons (Fsp3) is 0.318. The molecule has 28 heavy (non-hydrogen) atoms. The predicted octanol–water partition coefficient (Wildman–Crippen LogP) is 3.64. The summed E-state index contributed by atoms with van der Waals surface area (Å²) >= 11 is -2.36. The average molecular weight is 446 g/mol. The molecule has 6 heteroatoms. The van der Waals surface area contributed by atoms with Crippen molar-refractivity contribution in [1.82, 2.24) is 4.90 Å². The van der Waals surface area contributed by atoms with E-state index in [1.807, 2.05) is 67.6 Å². The van der Waals surface area contributed by atoms with Gasteiger partial charge < -0.3 is 0 Å². The molecule has 3 rings (SSSR count). The SMILES string of the molecule is C=C[C@H]1C[C@H](C)N(C(=O)OCc2ccccc2)[C@H](C[Se](=O)c2ccccc2)O1. The molecule has 1 heterocycles. The van der Waals surface area contributed by atoms with Crippen LogP contribution in [-0.4, -0.2) is 43.2 Å². The molecule has 0 bridgehead atoms. The Balaban J connectivity index is 1.72. The predicted molar refractivity (Wildman–Crippen MR) is 109 cm³/mol. The molecule has 1 fully saturated rings. The molecule has 1 aliphatic rings. The first-order valence-electron chi connectivity index (χ1n) is 9.29. The summed E-state index contributed by atoms with van der Waals surface area (Å²) < 4.78 is 25.2. The second kappa shape index (κ2) is 9.78. The standard InChI is InChI=1S/C22H25NO4Se/c1-3-19-14-17(2)23(22(24)26-15-18-10-6-4-7-11-18)21(27-19)16-28(25)20-12-8-5-9-13-20/h3-13,17,19,21H,1,14-16H2,2H3/t17-,19-,21-,28?/m0/s1. The molecule has 148 valence electrons. The maximum absolute atomic E-state index is 12.9. The van der Waals surface area contributed by atoms with E-state index in [1.165, 1.54) is 0 Å². The van der Waals surface area contributed by atoms with Crippen LogP contribution in [0.5, 0.6) is 0 Å². The van der Waals surface area contributed by atoms with Gasteiger partial charge in [0.25, 0.3) is 0 Å². The van der Waals surface area contributed by atoms with Crippen LogP contribution in [-0.2, 0) is 19.9 Å². The molecular formula is C22H25NO4Se. The second-order valence-electron chi connectivity index (χ2n) is 6.72. The number of carbonyl (C=O) groups is 1. The normalized spacial score (nSPS) is 23.0. The van der Waals surface area contributed by atoms with Crippen molar-refractivity contribution >= 4 is 24.4 Å². The van der Waals surface area contributed by atoms with E-state index in [0.29, 0.717) is 6.42 Å². The van der Waals surface area contributed by atoms with Crippen molar-refractivity contribution in [3.8, 4) is 0 Å². The molecule has 0 N–H and O–H groups in total. The third-order valence-electron chi connectivity index (χ3n) is 4.67. The Bertz CT molecular complexity index is 812. The molecule has 1 unspecified atom stereocenters. The summed E-state index contributed by atoms with van der Waals surface area (Å²) in [7, 11) is 0. The number of hydrogen-bond donors (Lipinski definition) is 0. The fourth-order valence-corrected chi connectivity index (χ4v) is 5.63. The Labute approximate surface area is 170 Å². The summed E-state index contributed by atoms with van der Waals surface area (Å²) in [5, 5.41) is 0.277. The Morgan fingerprint density at radius 1 is 1.21 bits per heavy atom. The van der Waals surface area contributed by atoms with Gasteiger partial charge in [-0.05, 0) is 0 Å². The second-order valence-corrected chi connectivity index (χ2v) is 9.86. The van der Waals surface area contributed by atoms with E-state index >= 15 is 0 Å². The number of ether oxygens (including phenoxy) is 2. The van der Waals surface area contributed by atoms with Gasteiger partial charge in [-0.15, -0.1) is 0 Å². The number of rotatable bonds is 6. The van der Waals surface area contributed by atoms with Crippen LogP contribution in [0.4, 0.5) is 4.79 Å². The van der Waals surface area contributed by atoms with Crippen LogP contribution in [0.15, 0.2) is 73.3 Å². The Hall–Kier alpha value is -2.27. The summed E-state index contributed by atoms with van der Waals surface area (Å²) in [5.74, 6) is 0. The van der Waals surface area contributed by atoms with Gasteiger partial charge in [0.1, 0.15) is 0 Å². The zero-order chi connectivity index (χ0) is 19.9. The third-order valence-corrected chi connectivity index (χ3v) is 7.58. The maximum atomic E-state index is 12.9. The van der Waals surface area contributed by atoms with E-state index in [-0.39, 0.29) is 24.1 Å². The zero-order valence-electron chi connectivity index (χ0n) is 15.9. The minimum absolute atomic E-state index is 0.0976. The molecule has 4 atom stereocenters. The topological polar surface area (TPSA) is 55.8 Å². The van der Waals surface area contributed by atoms with Gasteiger partial charge in [-0.1, -0.05) is 0 Å². The number of hydrogen-bond acceptors (Lipinski definition) is 4. The molecule has 0 aliphatic carbocycles. The van der Waals surface area contributed by atoms with Gasteiger partial charge in [-0.25, -0.2) is 0 Å². The number of benzene rings is 2. The van der Waals surface area contributed by atoms with Crippen molar-refractivity contribution in [2.45, 2.75) is 43.6 Å². The molecule has 5 nitrogen and oxygen atoms in total. The molecule has 1 saturated heterocycles. The summed E-state index contributed by atoms with van der Waals surface area (Å²) in [6.45, 7) is 5.96. The molecule has 0 radical (unpaired) electrons. The van der Waals surface area contributed by atoms with E-state index < -0.39 is 26.2 Å². The third kappa shape index (κ3) is 5.16. The van der Waals surface area contributed by atoms with Crippen molar-refractivity contribution < 1.29 is 18.1 Å². The first kappa shape index (κ1) is 20.5. The van der Waals surface area contributed by atoms with Crippen LogP contribution in [0.3, 0.4) is 0 Å².